The van der Waals surface area contributed by atoms with Crippen molar-refractivity contribution in [2.24, 2.45) is 0 Å². The summed E-state index contributed by atoms with van der Waals surface area (Å²) in [6.45, 7) is 1.98. The molecule has 0 bridgehead atoms. The van der Waals surface area contributed by atoms with Crippen molar-refractivity contribution in [1.29, 1.82) is 0 Å². The molecule has 0 aliphatic carbocycles. The van der Waals surface area contributed by atoms with Crippen LogP contribution in [0.1, 0.15) is 19.8 Å². The van der Waals surface area contributed by atoms with Gasteiger partial charge in [0, 0.05) is 11.4 Å². The number of halogens is 2. The van der Waals surface area contributed by atoms with E-state index in [1.165, 1.54) is 7.11 Å². The van der Waals surface area contributed by atoms with Gasteiger partial charge in [0.15, 0.2) is 4.87 Å². The second kappa shape index (κ2) is 9.18. The van der Waals surface area contributed by atoms with Crippen molar-refractivity contribution in [1.82, 2.24) is 0 Å². The number of benzene rings is 1. The highest BCUT2D eigenvalue weighted by Gasteiger charge is 2.34. The zero-order chi connectivity index (χ0) is 12.9. The number of thiol groups is 1. The van der Waals surface area contributed by atoms with Gasteiger partial charge in [0.05, 0.1) is 7.11 Å². The number of rotatable bonds is 5. The summed E-state index contributed by atoms with van der Waals surface area (Å²) in [7, 11) is 1.35. The number of carbonyl (C=O) groups excluding carboxylic acids is 1. The van der Waals surface area contributed by atoms with Gasteiger partial charge in [-0.1, -0.05) is 13.3 Å². The molecule has 1 aromatic rings. The molecule has 1 rings (SSSR count). The summed E-state index contributed by atoms with van der Waals surface area (Å²) < 4.78 is 4.76. The molecule has 0 saturated carbocycles. The number of nitrogen functional groups attached to an aromatic ring is 1. The van der Waals surface area contributed by atoms with Crippen molar-refractivity contribution in [3.8, 4) is 0 Å². The van der Waals surface area contributed by atoms with Crippen LogP contribution in [0.3, 0.4) is 0 Å². The summed E-state index contributed by atoms with van der Waals surface area (Å²) in [4.78, 5) is 10.7. The lowest BCUT2D eigenvalue weighted by Gasteiger charge is -2.27. The van der Waals surface area contributed by atoms with Gasteiger partial charge >= 0.3 is 5.97 Å². The molecule has 0 heterocycles. The van der Waals surface area contributed by atoms with Gasteiger partial charge in [-0.15, -0.1) is 37.4 Å². The fraction of sp³-hybridized carbons (Fsp3) is 0.417. The first-order chi connectivity index (χ1) is 8.01. The molecule has 0 amide bonds. The maximum absolute atomic E-state index is 11.7. The Balaban J connectivity index is 0. The molecular formula is C12H20Cl2N2O2S. The molecule has 0 saturated heterocycles. The predicted octanol–water partition coefficient (Wildman–Crippen LogP) is 3.12. The van der Waals surface area contributed by atoms with Crippen LogP contribution in [0.2, 0.25) is 0 Å². The number of hydrogen-bond acceptors (Lipinski definition) is 5. The van der Waals surface area contributed by atoms with Crippen LogP contribution in [0.5, 0.6) is 0 Å². The maximum atomic E-state index is 11.7. The Hall–Kier alpha value is -0.780. The van der Waals surface area contributed by atoms with Gasteiger partial charge in [-0.25, -0.2) is 4.79 Å². The molecule has 0 spiro atoms. The zero-order valence-electron chi connectivity index (χ0n) is 10.9. The fourth-order valence-electron chi connectivity index (χ4n) is 1.55. The highest BCUT2D eigenvalue weighted by atomic mass is 35.5. The number of methoxy groups -OCH3 is 1. The van der Waals surface area contributed by atoms with Crippen LogP contribution in [0.4, 0.5) is 11.4 Å². The van der Waals surface area contributed by atoms with Gasteiger partial charge in [-0.05, 0) is 30.7 Å². The van der Waals surface area contributed by atoms with Gasteiger partial charge in [0.1, 0.15) is 0 Å². The van der Waals surface area contributed by atoms with Gasteiger partial charge in [-0.3, -0.25) is 0 Å². The van der Waals surface area contributed by atoms with Crippen LogP contribution in [0, 0.1) is 0 Å². The van der Waals surface area contributed by atoms with E-state index in [1.807, 2.05) is 6.92 Å². The van der Waals surface area contributed by atoms with Gasteiger partial charge in [0.2, 0.25) is 0 Å². The molecule has 7 heteroatoms. The number of ether oxygens (including phenoxy) is 1. The fourth-order valence-corrected chi connectivity index (χ4v) is 2.00. The van der Waals surface area contributed by atoms with E-state index in [-0.39, 0.29) is 30.8 Å². The van der Waals surface area contributed by atoms with Crippen molar-refractivity contribution in [2.75, 3.05) is 18.2 Å². The van der Waals surface area contributed by atoms with E-state index in [2.05, 4.69) is 17.9 Å². The van der Waals surface area contributed by atoms with E-state index in [0.29, 0.717) is 12.1 Å². The Labute approximate surface area is 131 Å². The molecule has 1 unspecified atom stereocenters. The van der Waals surface area contributed by atoms with E-state index in [1.54, 1.807) is 24.3 Å². The molecule has 0 fully saturated rings. The third-order valence-electron chi connectivity index (χ3n) is 2.40. The van der Waals surface area contributed by atoms with Gasteiger partial charge in [0.25, 0.3) is 0 Å². The second-order valence-corrected chi connectivity index (χ2v) is 4.61. The van der Waals surface area contributed by atoms with E-state index in [9.17, 15) is 4.79 Å². The summed E-state index contributed by atoms with van der Waals surface area (Å²) >= 11 is 4.39. The normalized spacial score (nSPS) is 12.4. The van der Waals surface area contributed by atoms with Crippen LogP contribution in [0.15, 0.2) is 24.3 Å². The topological polar surface area (TPSA) is 64.3 Å². The Morgan fingerprint density at radius 1 is 1.37 bits per heavy atom. The summed E-state index contributed by atoms with van der Waals surface area (Å²) in [5.74, 6) is -0.389. The molecule has 110 valence electrons. The number of nitrogens with two attached hydrogens (primary N) is 1. The van der Waals surface area contributed by atoms with Crippen molar-refractivity contribution in [3.05, 3.63) is 24.3 Å². The molecule has 1 atom stereocenters. The summed E-state index contributed by atoms with van der Waals surface area (Å²) in [6, 6.07) is 7.14. The average Bonchev–Trinajstić information content (AvgIpc) is 2.31. The molecule has 0 radical (unpaired) electrons. The maximum Gasteiger partial charge on any atom is 0.341 e. The van der Waals surface area contributed by atoms with Crippen molar-refractivity contribution >= 4 is 54.8 Å². The van der Waals surface area contributed by atoms with Crippen LogP contribution in [-0.2, 0) is 9.53 Å². The average molecular weight is 327 g/mol. The van der Waals surface area contributed by atoms with Crippen molar-refractivity contribution < 1.29 is 9.53 Å². The van der Waals surface area contributed by atoms with Gasteiger partial charge < -0.3 is 15.8 Å². The lowest BCUT2D eigenvalue weighted by Crippen LogP contribution is -2.41. The SMILES string of the molecule is CCCC(S)(Nc1ccc(N)cc1)C(=O)OC.Cl.Cl. The van der Waals surface area contributed by atoms with Gasteiger partial charge in [-0.2, -0.15) is 0 Å². The summed E-state index contributed by atoms with van der Waals surface area (Å²) in [6.07, 6.45) is 1.40. The van der Waals surface area contributed by atoms with E-state index >= 15 is 0 Å². The lowest BCUT2D eigenvalue weighted by molar-refractivity contribution is -0.142. The molecule has 0 aliphatic heterocycles. The molecule has 3 N–H and O–H groups in total. The number of carbonyl (C=O) groups is 1. The van der Waals surface area contributed by atoms with Crippen molar-refractivity contribution in [3.63, 3.8) is 0 Å². The summed E-state index contributed by atoms with van der Waals surface area (Å²) in [5.41, 5.74) is 7.06. The smallest absolute Gasteiger partial charge is 0.341 e. The number of esters is 1. The van der Waals surface area contributed by atoms with Crippen molar-refractivity contribution in [2.45, 2.75) is 24.6 Å². The van der Waals surface area contributed by atoms with Crippen LogP contribution < -0.4 is 11.1 Å². The minimum absolute atomic E-state index is 0. The van der Waals surface area contributed by atoms with Crippen LogP contribution in [0.25, 0.3) is 0 Å². The molecule has 19 heavy (non-hydrogen) atoms. The quantitative estimate of drug-likeness (QED) is 0.336. The highest BCUT2D eigenvalue weighted by Crippen LogP contribution is 2.26. The first kappa shape index (κ1) is 20.5. The Bertz CT molecular complexity index is 390. The first-order valence-electron chi connectivity index (χ1n) is 5.46. The standard InChI is InChI=1S/C12H18N2O2S.2ClH/c1-3-8-12(17,11(15)16-2)14-10-6-4-9(13)5-7-10;;/h4-7,14,17H,3,8,13H2,1-2H3;2*1H. The third-order valence-corrected chi connectivity index (χ3v) is 2.91. The Morgan fingerprint density at radius 3 is 2.32 bits per heavy atom. The molecule has 0 aromatic heterocycles. The number of anilines is 2. The minimum Gasteiger partial charge on any atom is -0.467 e. The largest absolute Gasteiger partial charge is 0.467 e. The van der Waals surface area contributed by atoms with E-state index in [0.717, 1.165) is 12.1 Å². The van der Waals surface area contributed by atoms with Crippen LogP contribution >= 0.6 is 37.4 Å². The zero-order valence-corrected chi connectivity index (χ0v) is 13.4. The van der Waals surface area contributed by atoms with E-state index < -0.39 is 4.87 Å². The van der Waals surface area contributed by atoms with Crippen LogP contribution in [-0.4, -0.2) is 18.0 Å². The number of nitrogens with one attached hydrogen (secondary N) is 1. The molecule has 0 aliphatic rings. The predicted molar refractivity (Wildman–Crippen MR) is 87.6 cm³/mol. The number of hydrogen-bond donors (Lipinski definition) is 3. The molecule has 4 nitrogen and oxygen atoms in total. The van der Waals surface area contributed by atoms with E-state index in [4.69, 9.17) is 10.5 Å². The first-order valence-corrected chi connectivity index (χ1v) is 5.91. The Kier molecular flexibility index (Phi) is 9.92. The lowest BCUT2D eigenvalue weighted by atomic mass is 10.1. The third kappa shape index (κ3) is 5.80. The summed E-state index contributed by atoms with van der Waals surface area (Å²) in [5, 5.41) is 3.07. The minimum atomic E-state index is -1.00. The molecular weight excluding hydrogens is 307 g/mol. The Morgan fingerprint density at radius 2 is 1.89 bits per heavy atom. The second-order valence-electron chi connectivity index (χ2n) is 3.85. The highest BCUT2D eigenvalue weighted by molar-refractivity contribution is 7.82. The molecule has 1 aromatic carbocycles. The monoisotopic (exact) mass is 326 g/mol.